The summed E-state index contributed by atoms with van der Waals surface area (Å²) < 4.78 is 0. The standard InChI is InChI=1S/C14H27NO2/c1-4-12(14(16)17)15-13-7-5-6-11(13)9-8-10(2)3/h10-13,15H,4-9H2,1-3H3,(H,16,17). The number of carboxylic acid groups (broad SMARTS) is 1. The van der Waals surface area contributed by atoms with Crippen molar-refractivity contribution in [3.05, 3.63) is 0 Å². The van der Waals surface area contributed by atoms with Gasteiger partial charge < -0.3 is 10.4 Å². The zero-order valence-electron chi connectivity index (χ0n) is 11.4. The minimum absolute atomic E-state index is 0.361. The van der Waals surface area contributed by atoms with Crippen molar-refractivity contribution in [3.63, 3.8) is 0 Å². The van der Waals surface area contributed by atoms with Crippen molar-refractivity contribution >= 4 is 5.97 Å². The largest absolute Gasteiger partial charge is 0.480 e. The van der Waals surface area contributed by atoms with E-state index in [9.17, 15) is 4.79 Å². The highest BCUT2D eigenvalue weighted by atomic mass is 16.4. The summed E-state index contributed by atoms with van der Waals surface area (Å²) in [5, 5.41) is 12.4. The lowest BCUT2D eigenvalue weighted by atomic mass is 9.93. The van der Waals surface area contributed by atoms with Crippen LogP contribution in [-0.2, 0) is 4.79 Å². The van der Waals surface area contributed by atoms with Gasteiger partial charge in [0.1, 0.15) is 6.04 Å². The molecule has 1 rings (SSSR count). The lowest BCUT2D eigenvalue weighted by molar-refractivity contribution is -0.139. The Bertz CT molecular complexity index is 240. The van der Waals surface area contributed by atoms with Gasteiger partial charge in [-0.25, -0.2) is 0 Å². The van der Waals surface area contributed by atoms with Crippen molar-refractivity contribution in [1.82, 2.24) is 5.32 Å². The molecule has 3 nitrogen and oxygen atoms in total. The van der Waals surface area contributed by atoms with Crippen molar-refractivity contribution in [2.45, 2.75) is 71.4 Å². The van der Waals surface area contributed by atoms with Crippen LogP contribution in [0.5, 0.6) is 0 Å². The van der Waals surface area contributed by atoms with Crippen molar-refractivity contribution in [1.29, 1.82) is 0 Å². The first-order valence-corrected chi connectivity index (χ1v) is 7.03. The number of carbonyl (C=O) groups is 1. The maximum absolute atomic E-state index is 11.0. The minimum Gasteiger partial charge on any atom is -0.480 e. The summed E-state index contributed by atoms with van der Waals surface area (Å²) in [5.74, 6) is 0.727. The predicted octanol–water partition coefficient (Wildman–Crippen LogP) is 3.04. The highest BCUT2D eigenvalue weighted by Gasteiger charge is 2.30. The minimum atomic E-state index is -0.706. The topological polar surface area (TPSA) is 49.3 Å². The van der Waals surface area contributed by atoms with Gasteiger partial charge in [-0.2, -0.15) is 0 Å². The van der Waals surface area contributed by atoms with Crippen LogP contribution in [0.1, 0.15) is 59.3 Å². The summed E-state index contributed by atoms with van der Waals surface area (Å²) in [4.78, 5) is 11.0. The van der Waals surface area contributed by atoms with Crippen LogP contribution in [0.3, 0.4) is 0 Å². The summed E-state index contributed by atoms with van der Waals surface area (Å²) in [5.41, 5.74) is 0. The van der Waals surface area contributed by atoms with Crippen molar-refractivity contribution in [3.8, 4) is 0 Å². The summed E-state index contributed by atoms with van der Waals surface area (Å²) in [7, 11) is 0. The fourth-order valence-corrected chi connectivity index (χ4v) is 2.77. The van der Waals surface area contributed by atoms with Crippen molar-refractivity contribution in [2.75, 3.05) is 0 Å². The number of hydrogen-bond donors (Lipinski definition) is 2. The van der Waals surface area contributed by atoms with Gasteiger partial charge in [-0.3, -0.25) is 4.79 Å². The van der Waals surface area contributed by atoms with E-state index in [0.717, 1.165) is 12.3 Å². The monoisotopic (exact) mass is 241 g/mol. The molecule has 3 atom stereocenters. The zero-order valence-corrected chi connectivity index (χ0v) is 11.4. The molecule has 3 unspecified atom stereocenters. The molecule has 0 aromatic carbocycles. The van der Waals surface area contributed by atoms with E-state index in [0.29, 0.717) is 18.4 Å². The quantitative estimate of drug-likeness (QED) is 0.720. The second kappa shape index (κ2) is 7.00. The highest BCUT2D eigenvalue weighted by Crippen LogP contribution is 2.31. The lowest BCUT2D eigenvalue weighted by Crippen LogP contribution is -2.44. The van der Waals surface area contributed by atoms with Gasteiger partial charge in [-0.1, -0.05) is 33.6 Å². The molecular weight excluding hydrogens is 214 g/mol. The van der Waals surface area contributed by atoms with E-state index in [-0.39, 0.29) is 6.04 Å². The van der Waals surface area contributed by atoms with Gasteiger partial charge >= 0.3 is 5.97 Å². The van der Waals surface area contributed by atoms with Gasteiger partial charge in [0.15, 0.2) is 0 Å². The molecule has 1 fully saturated rings. The number of hydrogen-bond acceptors (Lipinski definition) is 2. The normalized spacial score (nSPS) is 26.4. The number of nitrogens with one attached hydrogen (secondary N) is 1. The van der Waals surface area contributed by atoms with Crippen LogP contribution in [0, 0.1) is 11.8 Å². The molecule has 3 heteroatoms. The van der Waals surface area contributed by atoms with E-state index in [2.05, 4.69) is 19.2 Å². The Morgan fingerprint density at radius 1 is 1.41 bits per heavy atom. The summed E-state index contributed by atoms with van der Waals surface area (Å²) in [6, 6.07) is 0.0643. The molecule has 0 heterocycles. The molecule has 0 bridgehead atoms. The molecule has 0 radical (unpaired) electrons. The van der Waals surface area contributed by atoms with Gasteiger partial charge in [0, 0.05) is 6.04 Å². The Morgan fingerprint density at radius 2 is 2.12 bits per heavy atom. The van der Waals surface area contributed by atoms with Gasteiger partial charge in [-0.15, -0.1) is 0 Å². The molecular formula is C14H27NO2. The van der Waals surface area contributed by atoms with E-state index >= 15 is 0 Å². The Kier molecular flexibility index (Phi) is 5.96. The third kappa shape index (κ3) is 4.66. The molecule has 1 aliphatic carbocycles. The van der Waals surface area contributed by atoms with Crippen molar-refractivity contribution < 1.29 is 9.90 Å². The van der Waals surface area contributed by atoms with Gasteiger partial charge in [0.25, 0.3) is 0 Å². The molecule has 2 N–H and O–H groups in total. The van der Waals surface area contributed by atoms with Crippen molar-refractivity contribution in [2.24, 2.45) is 11.8 Å². The molecule has 0 aromatic rings. The third-order valence-electron chi connectivity index (χ3n) is 3.90. The molecule has 1 saturated carbocycles. The summed E-state index contributed by atoms with van der Waals surface area (Å²) in [6.07, 6.45) is 6.82. The SMILES string of the molecule is CCC(NC1CCCC1CCC(C)C)C(=O)O. The first-order valence-electron chi connectivity index (χ1n) is 7.03. The summed E-state index contributed by atoms with van der Waals surface area (Å²) >= 11 is 0. The molecule has 1 aliphatic rings. The first-order chi connectivity index (χ1) is 8.04. The number of carboxylic acids is 1. The average molecular weight is 241 g/mol. The number of rotatable bonds is 7. The van der Waals surface area contributed by atoms with Crippen LogP contribution in [0.25, 0.3) is 0 Å². The third-order valence-corrected chi connectivity index (χ3v) is 3.90. The van der Waals surface area contributed by atoms with E-state index in [4.69, 9.17) is 5.11 Å². The molecule has 0 aliphatic heterocycles. The van der Waals surface area contributed by atoms with Crippen LogP contribution in [0.4, 0.5) is 0 Å². The van der Waals surface area contributed by atoms with Crippen LogP contribution in [-0.4, -0.2) is 23.2 Å². The van der Waals surface area contributed by atoms with E-state index in [1.165, 1.54) is 25.7 Å². The van der Waals surface area contributed by atoms with Crippen LogP contribution < -0.4 is 5.32 Å². The molecule has 100 valence electrons. The Hall–Kier alpha value is -0.570. The first kappa shape index (κ1) is 14.5. The molecule has 17 heavy (non-hydrogen) atoms. The van der Waals surface area contributed by atoms with Crippen LogP contribution in [0.2, 0.25) is 0 Å². The second-order valence-electron chi connectivity index (χ2n) is 5.73. The highest BCUT2D eigenvalue weighted by molar-refractivity contribution is 5.73. The van der Waals surface area contributed by atoms with Crippen LogP contribution >= 0.6 is 0 Å². The Balaban J connectivity index is 2.42. The van der Waals surface area contributed by atoms with E-state index < -0.39 is 5.97 Å². The Labute approximate surface area is 105 Å². The maximum atomic E-state index is 11.0. The molecule has 0 spiro atoms. The molecule has 0 amide bonds. The average Bonchev–Trinajstić information content (AvgIpc) is 2.69. The lowest BCUT2D eigenvalue weighted by Gasteiger charge is -2.25. The van der Waals surface area contributed by atoms with E-state index in [1.807, 2.05) is 6.92 Å². The van der Waals surface area contributed by atoms with Gasteiger partial charge in [0.2, 0.25) is 0 Å². The van der Waals surface area contributed by atoms with Gasteiger partial charge in [-0.05, 0) is 37.5 Å². The van der Waals surface area contributed by atoms with E-state index in [1.54, 1.807) is 0 Å². The fraction of sp³-hybridized carbons (Fsp3) is 0.929. The fourth-order valence-electron chi connectivity index (χ4n) is 2.77. The second-order valence-corrected chi connectivity index (χ2v) is 5.73. The van der Waals surface area contributed by atoms with Gasteiger partial charge in [0.05, 0.1) is 0 Å². The number of aliphatic carboxylic acids is 1. The Morgan fingerprint density at radius 3 is 2.65 bits per heavy atom. The van der Waals surface area contributed by atoms with Crippen LogP contribution in [0.15, 0.2) is 0 Å². The zero-order chi connectivity index (χ0) is 12.8. The molecule has 0 saturated heterocycles. The maximum Gasteiger partial charge on any atom is 0.320 e. The smallest absolute Gasteiger partial charge is 0.320 e. The molecule has 0 aromatic heterocycles. The predicted molar refractivity (Wildman–Crippen MR) is 70.1 cm³/mol. The summed E-state index contributed by atoms with van der Waals surface area (Å²) in [6.45, 7) is 6.44.